The number of piperazine rings is 1. The van der Waals surface area contributed by atoms with Crippen LogP contribution in [0.5, 0.6) is 0 Å². The van der Waals surface area contributed by atoms with Crippen LogP contribution >= 0.6 is 15.9 Å². The number of nitrogens with zero attached hydrogens (tertiary/aromatic N) is 2. The molecular formula is C15H24BrN3. The van der Waals surface area contributed by atoms with E-state index < -0.39 is 0 Å². The molecule has 19 heavy (non-hydrogen) atoms. The lowest BCUT2D eigenvalue weighted by atomic mass is 10.2. The molecule has 0 saturated carbocycles. The fourth-order valence-electron chi connectivity index (χ4n) is 2.44. The van der Waals surface area contributed by atoms with Crippen molar-refractivity contribution in [2.75, 3.05) is 51.1 Å². The van der Waals surface area contributed by atoms with Crippen molar-refractivity contribution < 1.29 is 0 Å². The molecule has 0 radical (unpaired) electrons. The number of alkyl halides is 1. The number of nitrogens with one attached hydrogen (secondary N) is 1. The van der Waals surface area contributed by atoms with Gasteiger partial charge in [0.05, 0.1) is 0 Å². The monoisotopic (exact) mass is 325 g/mol. The van der Waals surface area contributed by atoms with Gasteiger partial charge in [0.1, 0.15) is 0 Å². The zero-order valence-electron chi connectivity index (χ0n) is 11.5. The highest BCUT2D eigenvalue weighted by Gasteiger charge is 2.16. The molecule has 0 atom stereocenters. The standard InChI is InChI=1S/C15H24BrN3/c16-6-7-17-8-9-18-10-12-19(13-11-18)14-15-4-2-1-3-5-15/h1-5,17H,6-14H2. The van der Waals surface area contributed by atoms with Crippen LogP contribution in [0.15, 0.2) is 30.3 Å². The fraction of sp³-hybridized carbons (Fsp3) is 0.600. The van der Waals surface area contributed by atoms with Crippen LogP contribution in [0.25, 0.3) is 0 Å². The number of halogens is 1. The van der Waals surface area contributed by atoms with Crippen molar-refractivity contribution in [1.82, 2.24) is 15.1 Å². The van der Waals surface area contributed by atoms with Crippen LogP contribution in [0.4, 0.5) is 0 Å². The molecule has 3 nitrogen and oxygen atoms in total. The van der Waals surface area contributed by atoms with Gasteiger partial charge in [-0.05, 0) is 5.56 Å². The van der Waals surface area contributed by atoms with Gasteiger partial charge in [-0.3, -0.25) is 9.80 Å². The summed E-state index contributed by atoms with van der Waals surface area (Å²) in [5.41, 5.74) is 1.43. The minimum absolute atomic E-state index is 1.04. The van der Waals surface area contributed by atoms with Gasteiger partial charge >= 0.3 is 0 Å². The van der Waals surface area contributed by atoms with Gasteiger partial charge in [-0.2, -0.15) is 0 Å². The topological polar surface area (TPSA) is 18.5 Å². The Bertz CT molecular complexity index is 337. The van der Waals surface area contributed by atoms with E-state index in [-0.39, 0.29) is 0 Å². The van der Waals surface area contributed by atoms with E-state index in [1.165, 1.54) is 38.3 Å². The zero-order valence-corrected chi connectivity index (χ0v) is 13.1. The summed E-state index contributed by atoms with van der Waals surface area (Å²) >= 11 is 3.43. The predicted octanol–water partition coefficient (Wildman–Crippen LogP) is 1.79. The number of hydrogen-bond acceptors (Lipinski definition) is 3. The first-order chi connectivity index (χ1) is 9.38. The summed E-state index contributed by atoms with van der Waals surface area (Å²) < 4.78 is 0. The van der Waals surface area contributed by atoms with E-state index in [2.05, 4.69) is 61.4 Å². The van der Waals surface area contributed by atoms with Crippen molar-refractivity contribution >= 4 is 15.9 Å². The third kappa shape index (κ3) is 5.61. The second-order valence-electron chi connectivity index (χ2n) is 5.04. The van der Waals surface area contributed by atoms with Gasteiger partial charge in [0.15, 0.2) is 0 Å². The summed E-state index contributed by atoms with van der Waals surface area (Å²) in [5.74, 6) is 0. The average Bonchev–Trinajstić information content (AvgIpc) is 2.46. The predicted molar refractivity (Wildman–Crippen MR) is 84.8 cm³/mol. The van der Waals surface area contributed by atoms with Crippen LogP contribution in [-0.4, -0.2) is 60.9 Å². The second-order valence-corrected chi connectivity index (χ2v) is 5.84. The summed E-state index contributed by atoms with van der Waals surface area (Å²) in [6.07, 6.45) is 0. The molecule has 1 aliphatic rings. The van der Waals surface area contributed by atoms with Crippen LogP contribution in [-0.2, 0) is 6.54 Å². The molecule has 0 spiro atoms. The third-order valence-corrected chi connectivity index (χ3v) is 3.99. The highest BCUT2D eigenvalue weighted by molar-refractivity contribution is 9.09. The Balaban J connectivity index is 1.62. The Morgan fingerprint density at radius 3 is 2.32 bits per heavy atom. The molecule has 1 N–H and O–H groups in total. The van der Waals surface area contributed by atoms with E-state index in [4.69, 9.17) is 0 Å². The maximum absolute atomic E-state index is 3.43. The Morgan fingerprint density at radius 1 is 0.947 bits per heavy atom. The summed E-state index contributed by atoms with van der Waals surface area (Å²) in [7, 11) is 0. The van der Waals surface area contributed by atoms with Crippen LogP contribution in [0, 0.1) is 0 Å². The maximum atomic E-state index is 3.43. The molecule has 106 valence electrons. The van der Waals surface area contributed by atoms with Crippen LogP contribution in [0.1, 0.15) is 5.56 Å². The van der Waals surface area contributed by atoms with Gasteiger partial charge in [0, 0.05) is 57.7 Å². The van der Waals surface area contributed by atoms with E-state index in [9.17, 15) is 0 Å². The molecule has 1 heterocycles. The van der Waals surface area contributed by atoms with E-state index >= 15 is 0 Å². The maximum Gasteiger partial charge on any atom is 0.0234 e. The average molecular weight is 326 g/mol. The van der Waals surface area contributed by atoms with Crippen molar-refractivity contribution in [3.05, 3.63) is 35.9 Å². The molecule has 1 fully saturated rings. The third-order valence-electron chi connectivity index (χ3n) is 3.59. The van der Waals surface area contributed by atoms with Gasteiger partial charge < -0.3 is 5.32 Å². The normalized spacial score (nSPS) is 17.7. The number of hydrogen-bond donors (Lipinski definition) is 1. The van der Waals surface area contributed by atoms with Gasteiger partial charge in [-0.15, -0.1) is 0 Å². The molecule has 0 aromatic heterocycles. The lowest BCUT2D eigenvalue weighted by Crippen LogP contribution is -2.47. The molecule has 1 saturated heterocycles. The fourth-order valence-corrected chi connectivity index (χ4v) is 2.72. The quantitative estimate of drug-likeness (QED) is 0.609. The van der Waals surface area contributed by atoms with Gasteiger partial charge in [-0.1, -0.05) is 46.3 Å². The largest absolute Gasteiger partial charge is 0.315 e. The van der Waals surface area contributed by atoms with Crippen LogP contribution in [0.2, 0.25) is 0 Å². The highest BCUT2D eigenvalue weighted by atomic mass is 79.9. The summed E-state index contributed by atoms with van der Waals surface area (Å²) in [5, 5.41) is 4.47. The lowest BCUT2D eigenvalue weighted by molar-refractivity contribution is 0.128. The SMILES string of the molecule is BrCCNCCN1CCN(Cc2ccccc2)CC1. The molecule has 0 amide bonds. The zero-order chi connectivity index (χ0) is 13.3. The van der Waals surface area contributed by atoms with Crippen molar-refractivity contribution in [2.24, 2.45) is 0 Å². The Kier molecular flexibility index (Phi) is 6.85. The molecule has 1 aliphatic heterocycles. The summed E-state index contributed by atoms with van der Waals surface area (Å²) in [6.45, 7) is 9.20. The first-order valence-corrected chi connectivity index (χ1v) is 8.26. The first kappa shape index (κ1) is 15.0. The highest BCUT2D eigenvalue weighted by Crippen LogP contribution is 2.07. The second kappa shape index (κ2) is 8.69. The van der Waals surface area contributed by atoms with Gasteiger partial charge in [0.2, 0.25) is 0 Å². The van der Waals surface area contributed by atoms with Crippen molar-refractivity contribution in [3.63, 3.8) is 0 Å². The van der Waals surface area contributed by atoms with E-state index in [1.807, 2.05) is 0 Å². The molecular weight excluding hydrogens is 302 g/mol. The molecule has 2 rings (SSSR count). The summed E-state index contributed by atoms with van der Waals surface area (Å²) in [4.78, 5) is 5.11. The number of rotatable bonds is 7. The molecule has 0 aliphatic carbocycles. The molecule has 4 heteroatoms. The van der Waals surface area contributed by atoms with Crippen molar-refractivity contribution in [3.8, 4) is 0 Å². The van der Waals surface area contributed by atoms with E-state index in [0.717, 1.165) is 25.0 Å². The minimum atomic E-state index is 1.04. The molecule has 0 unspecified atom stereocenters. The lowest BCUT2D eigenvalue weighted by Gasteiger charge is -2.34. The Hall–Kier alpha value is -0.420. The Morgan fingerprint density at radius 2 is 1.63 bits per heavy atom. The van der Waals surface area contributed by atoms with E-state index in [0.29, 0.717) is 0 Å². The number of benzene rings is 1. The van der Waals surface area contributed by atoms with Crippen molar-refractivity contribution in [1.29, 1.82) is 0 Å². The molecule has 1 aromatic rings. The Labute approximate surface area is 125 Å². The molecule has 0 bridgehead atoms. The smallest absolute Gasteiger partial charge is 0.0234 e. The first-order valence-electron chi connectivity index (χ1n) is 7.14. The minimum Gasteiger partial charge on any atom is -0.315 e. The summed E-state index contributed by atoms with van der Waals surface area (Å²) in [6, 6.07) is 10.8. The van der Waals surface area contributed by atoms with Crippen LogP contribution in [0.3, 0.4) is 0 Å². The van der Waals surface area contributed by atoms with Crippen molar-refractivity contribution in [2.45, 2.75) is 6.54 Å². The van der Waals surface area contributed by atoms with E-state index in [1.54, 1.807) is 0 Å². The van der Waals surface area contributed by atoms with Crippen LogP contribution < -0.4 is 5.32 Å². The van der Waals surface area contributed by atoms with Gasteiger partial charge in [0.25, 0.3) is 0 Å². The van der Waals surface area contributed by atoms with Gasteiger partial charge in [-0.25, -0.2) is 0 Å². The molecule has 1 aromatic carbocycles.